The molecule has 0 aliphatic carbocycles. The van der Waals surface area contributed by atoms with Crippen LogP contribution in [0.1, 0.15) is 46.2 Å². The van der Waals surface area contributed by atoms with Crippen LogP contribution in [-0.2, 0) is 9.59 Å². The summed E-state index contributed by atoms with van der Waals surface area (Å²) < 4.78 is 0. The molecule has 1 unspecified atom stereocenters. The van der Waals surface area contributed by atoms with Crippen LogP contribution >= 0.6 is 0 Å². The molecule has 3 nitrogen and oxygen atoms in total. The van der Waals surface area contributed by atoms with E-state index in [1.165, 1.54) is 6.92 Å². The van der Waals surface area contributed by atoms with Gasteiger partial charge in [0.2, 0.25) is 5.91 Å². The van der Waals surface area contributed by atoms with Crippen LogP contribution < -0.4 is 5.32 Å². The third kappa shape index (κ3) is 3.66. The Bertz CT molecular complexity index is 449. The highest BCUT2D eigenvalue weighted by atomic mass is 16.1. The van der Waals surface area contributed by atoms with E-state index in [4.69, 9.17) is 0 Å². The predicted octanol–water partition coefficient (Wildman–Crippen LogP) is 3.12. The third-order valence-electron chi connectivity index (χ3n) is 3.36. The normalized spacial score (nSPS) is 13.2. The van der Waals surface area contributed by atoms with Gasteiger partial charge in [0, 0.05) is 18.3 Å². The summed E-state index contributed by atoms with van der Waals surface area (Å²) in [6.07, 6.45) is 0. The molecule has 0 aliphatic heterocycles. The first-order chi connectivity index (χ1) is 8.76. The van der Waals surface area contributed by atoms with Gasteiger partial charge in [-0.1, -0.05) is 58.0 Å². The number of carbonyl (C=O) groups is 2. The summed E-state index contributed by atoms with van der Waals surface area (Å²) in [4.78, 5) is 23.9. The van der Waals surface area contributed by atoms with Crippen molar-refractivity contribution < 1.29 is 9.59 Å². The fourth-order valence-electron chi connectivity index (χ4n) is 2.42. The lowest BCUT2D eigenvalue weighted by Crippen LogP contribution is -2.43. The first kappa shape index (κ1) is 15.4. The molecule has 1 atom stereocenters. The van der Waals surface area contributed by atoms with Gasteiger partial charge in [0.05, 0.1) is 6.04 Å². The Labute approximate surface area is 115 Å². The molecular weight excluding hydrogens is 238 g/mol. The summed E-state index contributed by atoms with van der Waals surface area (Å²) in [6.45, 7) is 9.04. The molecule has 1 N–H and O–H groups in total. The highest BCUT2D eigenvalue weighted by Gasteiger charge is 2.39. The maximum absolute atomic E-state index is 12.4. The zero-order valence-corrected chi connectivity index (χ0v) is 12.4. The van der Waals surface area contributed by atoms with Crippen LogP contribution in [-0.4, -0.2) is 11.7 Å². The van der Waals surface area contributed by atoms with Gasteiger partial charge in [-0.15, -0.1) is 0 Å². The average Bonchev–Trinajstić information content (AvgIpc) is 2.35. The van der Waals surface area contributed by atoms with Crippen molar-refractivity contribution in [3.05, 3.63) is 35.9 Å². The summed E-state index contributed by atoms with van der Waals surface area (Å²) in [6, 6.07) is 9.33. The molecule has 0 bridgehead atoms. The van der Waals surface area contributed by atoms with Gasteiger partial charge < -0.3 is 5.32 Å². The number of rotatable bonds is 5. The summed E-state index contributed by atoms with van der Waals surface area (Å²) in [5.74, 6) is -0.0384. The van der Waals surface area contributed by atoms with Crippen LogP contribution in [0.2, 0.25) is 0 Å². The topological polar surface area (TPSA) is 46.2 Å². The molecule has 1 aromatic rings. The van der Waals surface area contributed by atoms with Gasteiger partial charge in [0.25, 0.3) is 0 Å². The summed E-state index contributed by atoms with van der Waals surface area (Å²) in [5, 5.41) is 2.91. The van der Waals surface area contributed by atoms with Crippen molar-refractivity contribution in [2.75, 3.05) is 0 Å². The molecule has 0 saturated carbocycles. The second-order valence-electron chi connectivity index (χ2n) is 5.78. The molecule has 104 valence electrons. The van der Waals surface area contributed by atoms with Crippen molar-refractivity contribution in [2.45, 2.75) is 40.7 Å². The molecule has 0 spiro atoms. The molecule has 19 heavy (non-hydrogen) atoms. The number of hydrogen-bond acceptors (Lipinski definition) is 2. The largest absolute Gasteiger partial charge is 0.349 e. The van der Waals surface area contributed by atoms with Crippen molar-refractivity contribution in [3.8, 4) is 0 Å². The van der Waals surface area contributed by atoms with Crippen LogP contribution in [0.4, 0.5) is 0 Å². The van der Waals surface area contributed by atoms with Gasteiger partial charge in [-0.2, -0.15) is 0 Å². The van der Waals surface area contributed by atoms with Crippen LogP contribution in [0.3, 0.4) is 0 Å². The maximum Gasteiger partial charge on any atom is 0.217 e. The van der Waals surface area contributed by atoms with Gasteiger partial charge in [0.15, 0.2) is 0 Å². The number of hydrogen-bond donors (Lipinski definition) is 1. The summed E-state index contributed by atoms with van der Waals surface area (Å²) >= 11 is 0. The summed E-state index contributed by atoms with van der Waals surface area (Å²) in [7, 11) is 0. The lowest BCUT2D eigenvalue weighted by atomic mass is 9.73. The Kier molecular flexibility index (Phi) is 4.87. The third-order valence-corrected chi connectivity index (χ3v) is 3.36. The molecule has 1 rings (SSSR count). The molecule has 0 fully saturated rings. The molecule has 1 aromatic carbocycles. The van der Waals surface area contributed by atoms with E-state index in [9.17, 15) is 9.59 Å². The van der Waals surface area contributed by atoms with E-state index in [0.717, 1.165) is 5.56 Å². The van der Waals surface area contributed by atoms with Gasteiger partial charge in [-0.25, -0.2) is 0 Å². The number of benzene rings is 1. The Morgan fingerprint density at radius 1 is 1.11 bits per heavy atom. The molecule has 0 aromatic heterocycles. The fraction of sp³-hybridized carbons (Fsp3) is 0.500. The molecule has 0 saturated heterocycles. The molecular formula is C16H23NO2. The second-order valence-corrected chi connectivity index (χ2v) is 5.78. The van der Waals surface area contributed by atoms with Crippen LogP contribution in [0.15, 0.2) is 30.3 Å². The SMILES string of the molecule is CC(=O)NC(c1ccccc1)C(C)(C)C(=O)C(C)C. The average molecular weight is 261 g/mol. The monoisotopic (exact) mass is 261 g/mol. The minimum atomic E-state index is -0.638. The van der Waals surface area contributed by atoms with Crippen LogP contribution in [0.25, 0.3) is 0 Å². The number of nitrogens with one attached hydrogen (secondary N) is 1. The van der Waals surface area contributed by atoms with E-state index < -0.39 is 5.41 Å². The highest BCUT2D eigenvalue weighted by Crippen LogP contribution is 2.36. The first-order valence-electron chi connectivity index (χ1n) is 6.63. The van der Waals surface area contributed by atoms with Gasteiger partial charge >= 0.3 is 0 Å². The first-order valence-corrected chi connectivity index (χ1v) is 6.63. The summed E-state index contributed by atoms with van der Waals surface area (Å²) in [5.41, 5.74) is 0.318. The van der Waals surface area contributed by atoms with E-state index in [1.807, 2.05) is 58.0 Å². The second kappa shape index (κ2) is 6.00. The Hall–Kier alpha value is -1.64. The van der Waals surface area contributed by atoms with Crippen molar-refractivity contribution in [1.82, 2.24) is 5.32 Å². The zero-order valence-electron chi connectivity index (χ0n) is 12.4. The van der Waals surface area contributed by atoms with Gasteiger partial charge in [-0.3, -0.25) is 9.59 Å². The number of carbonyl (C=O) groups excluding carboxylic acids is 2. The quantitative estimate of drug-likeness (QED) is 0.885. The minimum absolute atomic E-state index is 0.0602. The smallest absolute Gasteiger partial charge is 0.217 e. The Balaban J connectivity index is 3.17. The molecule has 0 radical (unpaired) electrons. The minimum Gasteiger partial charge on any atom is -0.349 e. The lowest BCUT2D eigenvalue weighted by Gasteiger charge is -2.35. The van der Waals surface area contributed by atoms with Crippen LogP contribution in [0, 0.1) is 11.3 Å². The van der Waals surface area contributed by atoms with E-state index in [-0.39, 0.29) is 23.7 Å². The predicted molar refractivity (Wildman–Crippen MR) is 76.6 cm³/mol. The van der Waals surface area contributed by atoms with Crippen molar-refractivity contribution in [2.24, 2.45) is 11.3 Å². The Morgan fingerprint density at radius 2 is 1.63 bits per heavy atom. The molecule has 1 amide bonds. The van der Waals surface area contributed by atoms with E-state index in [0.29, 0.717) is 0 Å². The maximum atomic E-state index is 12.4. The van der Waals surface area contributed by atoms with E-state index >= 15 is 0 Å². The van der Waals surface area contributed by atoms with Gasteiger partial charge in [-0.05, 0) is 5.56 Å². The van der Waals surface area contributed by atoms with E-state index in [2.05, 4.69) is 5.32 Å². The number of amides is 1. The molecule has 3 heteroatoms. The van der Waals surface area contributed by atoms with Gasteiger partial charge in [0.1, 0.15) is 5.78 Å². The molecule has 0 aliphatic rings. The van der Waals surface area contributed by atoms with Crippen molar-refractivity contribution in [1.29, 1.82) is 0 Å². The fourth-order valence-corrected chi connectivity index (χ4v) is 2.42. The standard InChI is InChI=1S/C16H23NO2/c1-11(2)15(19)16(4,5)14(17-12(3)18)13-9-7-6-8-10-13/h6-11,14H,1-5H3,(H,17,18). The molecule has 0 heterocycles. The number of ketones is 1. The Morgan fingerprint density at radius 3 is 2.05 bits per heavy atom. The number of Topliss-reactive ketones (excluding diaryl/α,β-unsaturated/α-hetero) is 1. The highest BCUT2D eigenvalue weighted by molar-refractivity contribution is 5.87. The van der Waals surface area contributed by atoms with E-state index in [1.54, 1.807) is 0 Å². The van der Waals surface area contributed by atoms with Crippen LogP contribution in [0.5, 0.6) is 0 Å². The lowest BCUT2D eigenvalue weighted by molar-refractivity contribution is -0.133. The van der Waals surface area contributed by atoms with Crippen molar-refractivity contribution in [3.63, 3.8) is 0 Å². The zero-order chi connectivity index (χ0) is 14.6. The van der Waals surface area contributed by atoms with Crippen molar-refractivity contribution >= 4 is 11.7 Å².